The predicted octanol–water partition coefficient (Wildman–Crippen LogP) is 1.88. The first-order valence-electron chi connectivity index (χ1n) is 7.35. The molecule has 1 aromatic heterocycles. The number of carbonyl (C=O) groups excluding carboxylic acids is 2. The maximum absolute atomic E-state index is 12.3. The van der Waals surface area contributed by atoms with E-state index in [-0.39, 0.29) is 18.6 Å². The second kappa shape index (κ2) is 5.71. The van der Waals surface area contributed by atoms with Gasteiger partial charge >= 0.3 is 12.0 Å². The predicted molar refractivity (Wildman–Crippen MR) is 82.5 cm³/mol. The van der Waals surface area contributed by atoms with Crippen LogP contribution in [-0.4, -0.2) is 40.7 Å². The van der Waals surface area contributed by atoms with Crippen LogP contribution in [0.2, 0.25) is 0 Å². The first kappa shape index (κ1) is 14.4. The highest BCUT2D eigenvalue weighted by Gasteiger charge is 2.28. The minimum Gasteiger partial charge on any atom is -0.459 e. The second-order valence-electron chi connectivity index (χ2n) is 5.57. The zero-order chi connectivity index (χ0) is 15.7. The molecule has 0 unspecified atom stereocenters. The number of aromatic nitrogens is 1. The molecule has 2 amide bonds. The Balaban J connectivity index is 1.71. The molecule has 2 aromatic rings. The van der Waals surface area contributed by atoms with E-state index in [1.807, 2.05) is 41.9 Å². The molecule has 6 heteroatoms. The summed E-state index contributed by atoms with van der Waals surface area (Å²) in [7, 11) is 1.84. The number of rotatable bonds is 3. The van der Waals surface area contributed by atoms with Crippen molar-refractivity contribution in [2.24, 2.45) is 12.8 Å². The molecule has 116 valence electrons. The average molecular weight is 301 g/mol. The number of hydrogen-bond acceptors (Lipinski definition) is 3. The molecule has 1 aromatic carbocycles. The molecule has 1 aliphatic rings. The van der Waals surface area contributed by atoms with E-state index in [4.69, 9.17) is 10.5 Å². The van der Waals surface area contributed by atoms with Crippen LogP contribution in [0, 0.1) is 0 Å². The van der Waals surface area contributed by atoms with Crippen molar-refractivity contribution in [2.75, 3.05) is 13.2 Å². The number of amides is 2. The minimum atomic E-state index is -0.455. The number of para-hydroxylation sites is 1. The summed E-state index contributed by atoms with van der Waals surface area (Å²) in [5.74, 6) is -0.380. The number of aryl methyl sites for hydroxylation is 1. The lowest BCUT2D eigenvalue weighted by molar-refractivity contribution is 0.0412. The van der Waals surface area contributed by atoms with Gasteiger partial charge in [-0.3, -0.25) is 0 Å². The fourth-order valence-corrected chi connectivity index (χ4v) is 3.03. The van der Waals surface area contributed by atoms with Crippen LogP contribution < -0.4 is 5.73 Å². The zero-order valence-corrected chi connectivity index (χ0v) is 12.5. The maximum atomic E-state index is 12.3. The quantitative estimate of drug-likeness (QED) is 0.879. The molecule has 0 spiro atoms. The summed E-state index contributed by atoms with van der Waals surface area (Å²) >= 11 is 0. The van der Waals surface area contributed by atoms with Crippen LogP contribution in [-0.2, 0) is 11.8 Å². The Morgan fingerprint density at radius 3 is 2.86 bits per heavy atom. The Morgan fingerprint density at radius 1 is 1.36 bits per heavy atom. The molecule has 2 heterocycles. The summed E-state index contributed by atoms with van der Waals surface area (Å²) in [6.07, 6.45) is 1.70. The molecule has 1 atom stereocenters. The third kappa shape index (κ3) is 2.52. The van der Waals surface area contributed by atoms with Gasteiger partial charge < -0.3 is 19.9 Å². The number of nitrogens with two attached hydrogens (primary N) is 1. The van der Waals surface area contributed by atoms with Gasteiger partial charge in [-0.25, -0.2) is 9.59 Å². The Hall–Kier alpha value is -2.50. The van der Waals surface area contributed by atoms with Gasteiger partial charge in [-0.2, -0.15) is 0 Å². The van der Waals surface area contributed by atoms with Crippen molar-refractivity contribution in [3.05, 3.63) is 36.0 Å². The second-order valence-corrected chi connectivity index (χ2v) is 5.57. The number of fused-ring (bicyclic) bond motifs is 1. The Bertz CT molecular complexity index is 722. The molecule has 0 aliphatic carbocycles. The van der Waals surface area contributed by atoms with Gasteiger partial charge in [0.15, 0.2) is 0 Å². The Morgan fingerprint density at radius 2 is 2.14 bits per heavy atom. The average Bonchev–Trinajstić information content (AvgIpc) is 3.10. The van der Waals surface area contributed by atoms with Gasteiger partial charge in [0.25, 0.3) is 0 Å². The van der Waals surface area contributed by atoms with E-state index in [9.17, 15) is 9.59 Å². The van der Waals surface area contributed by atoms with Crippen LogP contribution in [0.5, 0.6) is 0 Å². The molecular weight excluding hydrogens is 282 g/mol. The summed E-state index contributed by atoms with van der Waals surface area (Å²) in [5.41, 5.74) is 6.81. The van der Waals surface area contributed by atoms with E-state index in [0.717, 1.165) is 23.7 Å². The first-order chi connectivity index (χ1) is 10.6. The third-order valence-corrected chi connectivity index (χ3v) is 4.23. The highest BCUT2D eigenvalue weighted by Crippen LogP contribution is 2.20. The molecule has 1 aliphatic heterocycles. The Labute approximate surface area is 128 Å². The van der Waals surface area contributed by atoms with Crippen molar-refractivity contribution in [3.8, 4) is 0 Å². The highest BCUT2D eigenvalue weighted by atomic mass is 16.5. The SMILES string of the molecule is Cn1c(C(=O)OC[C@H]2CCCN2C(N)=O)cc2ccccc21. The van der Waals surface area contributed by atoms with Crippen LogP contribution in [0.3, 0.4) is 0 Å². The largest absolute Gasteiger partial charge is 0.459 e. The van der Waals surface area contributed by atoms with Gasteiger partial charge in [-0.15, -0.1) is 0 Å². The number of esters is 1. The molecular formula is C16H19N3O3. The zero-order valence-electron chi connectivity index (χ0n) is 12.5. The molecule has 2 N–H and O–H groups in total. The lowest BCUT2D eigenvalue weighted by Gasteiger charge is -2.22. The highest BCUT2D eigenvalue weighted by molar-refractivity contribution is 5.95. The van der Waals surface area contributed by atoms with E-state index in [0.29, 0.717) is 12.2 Å². The van der Waals surface area contributed by atoms with Crippen LogP contribution in [0.25, 0.3) is 10.9 Å². The molecule has 0 bridgehead atoms. The number of ether oxygens (including phenoxy) is 1. The molecule has 22 heavy (non-hydrogen) atoms. The normalized spacial score (nSPS) is 17.9. The van der Waals surface area contributed by atoms with Crippen LogP contribution in [0.15, 0.2) is 30.3 Å². The summed E-state index contributed by atoms with van der Waals surface area (Å²) in [6.45, 7) is 0.814. The smallest absolute Gasteiger partial charge is 0.355 e. The molecule has 3 rings (SSSR count). The van der Waals surface area contributed by atoms with Crippen molar-refractivity contribution in [2.45, 2.75) is 18.9 Å². The monoisotopic (exact) mass is 301 g/mol. The standard InChI is InChI=1S/C16H19N3O3/c1-18-13-7-3-2-5-11(13)9-14(18)15(20)22-10-12-6-4-8-19(12)16(17)21/h2-3,5,7,9,12H,4,6,8,10H2,1H3,(H2,17,21)/t12-/m1/s1. The minimum absolute atomic E-state index is 0.115. The van der Waals surface area contributed by atoms with E-state index in [1.165, 1.54) is 0 Å². The number of hydrogen-bond donors (Lipinski definition) is 1. The van der Waals surface area contributed by atoms with E-state index in [1.54, 1.807) is 4.90 Å². The van der Waals surface area contributed by atoms with Crippen molar-refractivity contribution < 1.29 is 14.3 Å². The molecule has 0 saturated carbocycles. The third-order valence-electron chi connectivity index (χ3n) is 4.23. The van der Waals surface area contributed by atoms with Crippen LogP contribution in [0.1, 0.15) is 23.3 Å². The number of likely N-dealkylation sites (tertiary alicyclic amines) is 1. The number of carbonyl (C=O) groups is 2. The van der Waals surface area contributed by atoms with Crippen molar-refractivity contribution in [1.29, 1.82) is 0 Å². The van der Waals surface area contributed by atoms with Crippen LogP contribution >= 0.6 is 0 Å². The van der Waals surface area contributed by atoms with E-state index < -0.39 is 6.03 Å². The maximum Gasteiger partial charge on any atom is 0.355 e. The lowest BCUT2D eigenvalue weighted by atomic mass is 10.2. The molecule has 1 fully saturated rings. The molecule has 6 nitrogen and oxygen atoms in total. The van der Waals surface area contributed by atoms with Crippen molar-refractivity contribution in [3.63, 3.8) is 0 Å². The molecule has 1 saturated heterocycles. The van der Waals surface area contributed by atoms with Gasteiger partial charge in [-0.1, -0.05) is 18.2 Å². The summed E-state index contributed by atoms with van der Waals surface area (Å²) in [5, 5.41) is 0.997. The number of nitrogens with zero attached hydrogens (tertiary/aromatic N) is 2. The van der Waals surface area contributed by atoms with Crippen molar-refractivity contribution in [1.82, 2.24) is 9.47 Å². The molecule has 0 radical (unpaired) electrons. The van der Waals surface area contributed by atoms with Gasteiger partial charge in [0, 0.05) is 24.5 Å². The summed E-state index contributed by atoms with van der Waals surface area (Å²) < 4.78 is 7.21. The first-order valence-corrected chi connectivity index (χ1v) is 7.35. The fourth-order valence-electron chi connectivity index (χ4n) is 3.03. The van der Waals surface area contributed by atoms with E-state index in [2.05, 4.69) is 0 Å². The number of benzene rings is 1. The fraction of sp³-hybridized carbons (Fsp3) is 0.375. The van der Waals surface area contributed by atoms with Gasteiger partial charge in [0.1, 0.15) is 12.3 Å². The number of urea groups is 1. The van der Waals surface area contributed by atoms with Gasteiger partial charge in [0.05, 0.1) is 6.04 Å². The Kier molecular flexibility index (Phi) is 3.75. The van der Waals surface area contributed by atoms with Crippen molar-refractivity contribution >= 4 is 22.9 Å². The topological polar surface area (TPSA) is 77.6 Å². The lowest BCUT2D eigenvalue weighted by Crippen LogP contribution is -2.42. The number of primary amides is 1. The van der Waals surface area contributed by atoms with Gasteiger partial charge in [-0.05, 0) is 25.0 Å². The van der Waals surface area contributed by atoms with Crippen LogP contribution in [0.4, 0.5) is 4.79 Å². The summed E-state index contributed by atoms with van der Waals surface area (Å²) in [6, 6.07) is 9.02. The van der Waals surface area contributed by atoms with E-state index >= 15 is 0 Å². The van der Waals surface area contributed by atoms with Gasteiger partial charge in [0.2, 0.25) is 0 Å². The summed E-state index contributed by atoms with van der Waals surface area (Å²) in [4.78, 5) is 25.2.